The maximum Gasteiger partial charge on any atom is 0.150 e. The number of hydrogen-bond donors (Lipinski definition) is 1. The summed E-state index contributed by atoms with van der Waals surface area (Å²) in [5, 5.41) is 3.57. The summed E-state index contributed by atoms with van der Waals surface area (Å²) < 4.78 is 0. The fraction of sp³-hybridized carbons (Fsp3) is 0.222. The van der Waals surface area contributed by atoms with Crippen molar-refractivity contribution in [1.82, 2.24) is 10.2 Å². The molecule has 4 heteroatoms. The first kappa shape index (κ1) is 8.38. The van der Waals surface area contributed by atoms with Crippen molar-refractivity contribution >= 4 is 17.9 Å². The van der Waals surface area contributed by atoms with Crippen molar-refractivity contribution in [2.45, 2.75) is 6.17 Å². The van der Waals surface area contributed by atoms with E-state index in [0.29, 0.717) is 10.7 Å². The molecule has 0 bridgehead atoms. The number of carbonyl (C=O) groups is 1. The Bertz CT molecular complexity index is 344. The van der Waals surface area contributed by atoms with Crippen molar-refractivity contribution in [3.05, 3.63) is 34.7 Å². The third-order valence-corrected chi connectivity index (χ3v) is 2.43. The number of halogens is 1. The molecule has 2 aliphatic rings. The number of nitrogens with one attached hydrogen (secondary N) is 1. The van der Waals surface area contributed by atoms with E-state index in [0.717, 1.165) is 11.9 Å². The number of carbonyl (C=O) groups excluding carboxylic acids is 1. The zero-order chi connectivity index (χ0) is 9.42. The minimum atomic E-state index is 0.0118. The molecule has 0 saturated heterocycles. The molecule has 1 unspecified atom stereocenters. The summed E-state index contributed by atoms with van der Waals surface area (Å²) in [6, 6.07) is 0. The van der Waals surface area contributed by atoms with Gasteiger partial charge in [0.05, 0.1) is 0 Å². The number of aldehydes is 1. The van der Waals surface area contributed by atoms with Gasteiger partial charge < -0.3 is 10.2 Å². The van der Waals surface area contributed by atoms with Gasteiger partial charge >= 0.3 is 0 Å². The van der Waals surface area contributed by atoms with Crippen molar-refractivity contribution < 1.29 is 4.79 Å². The molecule has 3 nitrogen and oxygen atoms in total. The first-order valence-corrected chi connectivity index (χ1v) is 4.33. The molecule has 0 fully saturated rings. The molecule has 1 atom stereocenters. The molecule has 2 heterocycles. The van der Waals surface area contributed by atoms with Gasteiger partial charge in [0.15, 0.2) is 6.29 Å². The van der Waals surface area contributed by atoms with Crippen LogP contribution in [0.5, 0.6) is 0 Å². The first-order valence-electron chi connectivity index (χ1n) is 3.95. The van der Waals surface area contributed by atoms with Crippen LogP contribution >= 0.6 is 11.6 Å². The SMILES string of the molecule is CN1C=CC2=C(C=O)C=C(Cl)NC21. The molecule has 68 valence electrons. The highest BCUT2D eigenvalue weighted by molar-refractivity contribution is 6.29. The van der Waals surface area contributed by atoms with Crippen LogP contribution in [0.25, 0.3) is 0 Å². The molecule has 13 heavy (non-hydrogen) atoms. The lowest BCUT2D eigenvalue weighted by atomic mass is 10.1. The van der Waals surface area contributed by atoms with Crippen LogP contribution < -0.4 is 5.32 Å². The second-order valence-corrected chi connectivity index (χ2v) is 3.46. The van der Waals surface area contributed by atoms with Crippen molar-refractivity contribution in [1.29, 1.82) is 0 Å². The Labute approximate surface area is 81.4 Å². The van der Waals surface area contributed by atoms with Gasteiger partial charge in [0.25, 0.3) is 0 Å². The summed E-state index contributed by atoms with van der Waals surface area (Å²) in [5.41, 5.74) is 1.62. The molecule has 1 N–H and O–H groups in total. The van der Waals surface area contributed by atoms with E-state index in [4.69, 9.17) is 11.6 Å². The Morgan fingerprint density at radius 3 is 3.15 bits per heavy atom. The second kappa shape index (κ2) is 2.92. The average molecular weight is 197 g/mol. The third kappa shape index (κ3) is 1.25. The quantitative estimate of drug-likeness (QED) is 0.501. The Morgan fingerprint density at radius 2 is 2.46 bits per heavy atom. The summed E-state index contributed by atoms with van der Waals surface area (Å²) >= 11 is 5.82. The minimum absolute atomic E-state index is 0.0118. The highest BCUT2D eigenvalue weighted by Gasteiger charge is 2.26. The number of allylic oxidation sites excluding steroid dienone is 2. The number of fused-ring (bicyclic) bond motifs is 1. The van der Waals surface area contributed by atoms with Crippen LogP contribution in [0.1, 0.15) is 0 Å². The second-order valence-electron chi connectivity index (χ2n) is 3.05. The summed E-state index contributed by atoms with van der Waals surface area (Å²) in [6.45, 7) is 0. The van der Waals surface area contributed by atoms with Gasteiger partial charge in [-0.25, -0.2) is 0 Å². The maximum atomic E-state index is 10.7. The Kier molecular flexibility index (Phi) is 1.88. The molecule has 0 amide bonds. The zero-order valence-corrected chi connectivity index (χ0v) is 7.88. The van der Waals surface area contributed by atoms with Gasteiger partial charge in [-0.15, -0.1) is 0 Å². The molecule has 0 aromatic carbocycles. The van der Waals surface area contributed by atoms with Crippen LogP contribution in [0.2, 0.25) is 0 Å². The molecule has 0 aromatic heterocycles. The smallest absolute Gasteiger partial charge is 0.150 e. The van der Waals surface area contributed by atoms with Crippen LogP contribution in [0, 0.1) is 0 Å². The van der Waals surface area contributed by atoms with Gasteiger partial charge in [0, 0.05) is 24.4 Å². The van der Waals surface area contributed by atoms with Crippen molar-refractivity contribution in [2.24, 2.45) is 0 Å². The van der Waals surface area contributed by atoms with Gasteiger partial charge in [-0.05, 0) is 12.2 Å². The van der Waals surface area contributed by atoms with Crippen LogP contribution in [0.15, 0.2) is 34.7 Å². The molecule has 0 saturated carbocycles. The van der Waals surface area contributed by atoms with Crippen LogP contribution in [0.3, 0.4) is 0 Å². The van der Waals surface area contributed by atoms with Crippen molar-refractivity contribution in [3.63, 3.8) is 0 Å². The standard InChI is InChI=1S/C9H9ClN2O/c1-12-3-2-7-6(5-13)4-8(10)11-9(7)12/h2-5,9,11H,1H3. The largest absolute Gasteiger partial charge is 0.357 e. The summed E-state index contributed by atoms with van der Waals surface area (Å²) in [4.78, 5) is 12.7. The average Bonchev–Trinajstić information content (AvgIpc) is 2.47. The van der Waals surface area contributed by atoms with Gasteiger partial charge in [0.2, 0.25) is 0 Å². The van der Waals surface area contributed by atoms with Gasteiger partial charge in [-0.1, -0.05) is 11.6 Å². The molecular formula is C9H9ClN2O. The maximum absolute atomic E-state index is 10.7. The number of likely N-dealkylation sites (N-methyl/N-ethyl adjacent to an activating group) is 1. The van der Waals surface area contributed by atoms with E-state index in [2.05, 4.69) is 5.32 Å². The first-order chi connectivity index (χ1) is 6.22. The lowest BCUT2D eigenvalue weighted by Gasteiger charge is -2.27. The monoisotopic (exact) mass is 196 g/mol. The van der Waals surface area contributed by atoms with Gasteiger partial charge in [-0.3, -0.25) is 4.79 Å². The Morgan fingerprint density at radius 1 is 1.69 bits per heavy atom. The predicted molar refractivity (Wildman–Crippen MR) is 50.9 cm³/mol. The van der Waals surface area contributed by atoms with Crippen molar-refractivity contribution in [2.75, 3.05) is 7.05 Å². The fourth-order valence-corrected chi connectivity index (χ4v) is 1.74. The van der Waals surface area contributed by atoms with E-state index in [1.54, 1.807) is 6.08 Å². The number of dihydropyridines is 1. The Balaban J connectivity index is 2.45. The third-order valence-electron chi connectivity index (χ3n) is 2.21. The van der Waals surface area contributed by atoms with E-state index in [9.17, 15) is 4.79 Å². The van der Waals surface area contributed by atoms with E-state index >= 15 is 0 Å². The molecule has 0 radical (unpaired) electrons. The lowest BCUT2D eigenvalue weighted by molar-refractivity contribution is -0.104. The fourth-order valence-electron chi connectivity index (χ4n) is 1.52. The number of nitrogens with zero attached hydrogens (tertiary/aromatic N) is 1. The summed E-state index contributed by atoms with van der Waals surface area (Å²) in [5.74, 6) is 0. The minimum Gasteiger partial charge on any atom is -0.357 e. The highest BCUT2D eigenvalue weighted by Crippen LogP contribution is 2.26. The van der Waals surface area contributed by atoms with E-state index in [1.165, 1.54) is 0 Å². The van der Waals surface area contributed by atoms with Gasteiger partial charge in [-0.2, -0.15) is 0 Å². The molecular weight excluding hydrogens is 188 g/mol. The van der Waals surface area contributed by atoms with E-state index in [1.807, 2.05) is 24.2 Å². The molecule has 2 rings (SSSR count). The molecule has 0 aromatic rings. The zero-order valence-electron chi connectivity index (χ0n) is 7.12. The van der Waals surface area contributed by atoms with Crippen LogP contribution in [0.4, 0.5) is 0 Å². The highest BCUT2D eigenvalue weighted by atomic mass is 35.5. The van der Waals surface area contributed by atoms with E-state index < -0.39 is 0 Å². The van der Waals surface area contributed by atoms with Crippen LogP contribution in [-0.4, -0.2) is 24.4 Å². The van der Waals surface area contributed by atoms with Gasteiger partial charge in [0.1, 0.15) is 11.3 Å². The number of rotatable bonds is 1. The summed E-state index contributed by atoms with van der Waals surface area (Å²) in [6.07, 6.45) is 6.32. The molecule has 2 aliphatic heterocycles. The topological polar surface area (TPSA) is 32.3 Å². The summed E-state index contributed by atoms with van der Waals surface area (Å²) in [7, 11) is 1.93. The lowest BCUT2D eigenvalue weighted by Crippen LogP contribution is -2.39. The normalized spacial score (nSPS) is 25.5. The van der Waals surface area contributed by atoms with E-state index in [-0.39, 0.29) is 6.17 Å². The molecule has 0 spiro atoms. The Hall–Kier alpha value is -1.22. The van der Waals surface area contributed by atoms with Crippen LogP contribution in [-0.2, 0) is 4.79 Å². The van der Waals surface area contributed by atoms with Crippen molar-refractivity contribution in [3.8, 4) is 0 Å². The molecule has 0 aliphatic carbocycles. The predicted octanol–water partition coefficient (Wildman–Crippen LogP) is 0.950. The number of hydrogen-bond acceptors (Lipinski definition) is 3.